The first-order valence-corrected chi connectivity index (χ1v) is 7.18. The quantitative estimate of drug-likeness (QED) is 0.835. The molecule has 2 fully saturated rings. The Labute approximate surface area is 114 Å². The fourth-order valence-corrected chi connectivity index (χ4v) is 3.29. The van der Waals surface area contributed by atoms with Gasteiger partial charge in [-0.1, -0.05) is 0 Å². The third-order valence-electron chi connectivity index (χ3n) is 4.38. The third kappa shape index (κ3) is 3.19. The second-order valence-corrected chi connectivity index (χ2v) is 6.40. The van der Waals surface area contributed by atoms with Crippen molar-refractivity contribution >= 4 is 12.0 Å². The van der Waals surface area contributed by atoms with Crippen molar-refractivity contribution in [3.63, 3.8) is 0 Å². The first-order chi connectivity index (χ1) is 8.90. The van der Waals surface area contributed by atoms with Crippen molar-refractivity contribution in [1.29, 1.82) is 0 Å². The van der Waals surface area contributed by atoms with Crippen molar-refractivity contribution in [2.24, 2.45) is 5.92 Å². The summed E-state index contributed by atoms with van der Waals surface area (Å²) in [5.74, 6) is -0.651. The monoisotopic (exact) mass is 268 g/mol. The summed E-state index contributed by atoms with van der Waals surface area (Å²) < 4.78 is 0. The Morgan fingerprint density at radius 3 is 2.58 bits per heavy atom. The molecule has 2 heterocycles. The number of carboxylic acids is 1. The van der Waals surface area contributed by atoms with Crippen LogP contribution in [0.4, 0.5) is 4.79 Å². The topological polar surface area (TPSA) is 60.9 Å². The Morgan fingerprint density at radius 1 is 1.26 bits per heavy atom. The maximum Gasteiger partial charge on any atom is 0.320 e. The molecule has 108 valence electrons. The standard InChI is InChI=1S/C14H24N2O3/c1-14(2)6-4-8-16(14)13(19)15-7-3-5-11(10-15)9-12(17)18/h11H,3-10H2,1-2H3,(H,17,18). The summed E-state index contributed by atoms with van der Waals surface area (Å²) in [5, 5.41) is 8.87. The van der Waals surface area contributed by atoms with Gasteiger partial charge in [0.1, 0.15) is 0 Å². The van der Waals surface area contributed by atoms with Crippen LogP contribution in [-0.4, -0.2) is 52.1 Å². The molecule has 19 heavy (non-hydrogen) atoms. The number of urea groups is 1. The van der Waals surface area contributed by atoms with Gasteiger partial charge in [0.05, 0.1) is 0 Å². The minimum Gasteiger partial charge on any atom is -0.481 e. The maximum absolute atomic E-state index is 12.6. The SMILES string of the molecule is CC1(C)CCCN1C(=O)N1CCCC(CC(=O)O)C1. The molecule has 0 aromatic carbocycles. The molecule has 1 atom stereocenters. The largest absolute Gasteiger partial charge is 0.481 e. The number of nitrogens with zero attached hydrogens (tertiary/aromatic N) is 2. The van der Waals surface area contributed by atoms with Crippen molar-refractivity contribution in [2.45, 2.75) is 51.5 Å². The van der Waals surface area contributed by atoms with E-state index in [0.717, 1.165) is 38.8 Å². The molecule has 0 radical (unpaired) electrons. The van der Waals surface area contributed by atoms with Gasteiger partial charge in [0.25, 0.3) is 0 Å². The summed E-state index contributed by atoms with van der Waals surface area (Å²) in [4.78, 5) is 27.1. The predicted octanol–water partition coefficient (Wildman–Crippen LogP) is 2.17. The van der Waals surface area contributed by atoms with E-state index in [1.54, 1.807) is 0 Å². The number of aliphatic carboxylic acids is 1. The summed E-state index contributed by atoms with van der Waals surface area (Å²) in [6.45, 7) is 6.40. The third-order valence-corrected chi connectivity index (χ3v) is 4.38. The molecule has 2 aliphatic rings. The lowest BCUT2D eigenvalue weighted by atomic mass is 9.95. The first-order valence-electron chi connectivity index (χ1n) is 7.18. The van der Waals surface area contributed by atoms with Gasteiger partial charge in [-0.15, -0.1) is 0 Å². The highest BCUT2D eigenvalue weighted by atomic mass is 16.4. The number of piperidine rings is 1. The van der Waals surface area contributed by atoms with Crippen LogP contribution in [0.5, 0.6) is 0 Å². The molecule has 2 amide bonds. The Balaban J connectivity index is 1.97. The Bertz CT molecular complexity index is 368. The van der Waals surface area contributed by atoms with Gasteiger partial charge in [-0.25, -0.2) is 4.79 Å². The highest BCUT2D eigenvalue weighted by Gasteiger charge is 2.38. The van der Waals surface area contributed by atoms with Gasteiger partial charge in [-0.3, -0.25) is 4.79 Å². The lowest BCUT2D eigenvalue weighted by molar-refractivity contribution is -0.138. The van der Waals surface area contributed by atoms with Gasteiger partial charge in [-0.2, -0.15) is 0 Å². The molecular weight excluding hydrogens is 244 g/mol. The Kier molecular flexibility index (Phi) is 4.02. The van der Waals surface area contributed by atoms with E-state index in [-0.39, 0.29) is 23.9 Å². The van der Waals surface area contributed by atoms with Gasteiger partial charge in [0, 0.05) is 31.6 Å². The molecule has 0 aliphatic carbocycles. The van der Waals surface area contributed by atoms with E-state index in [9.17, 15) is 9.59 Å². The van der Waals surface area contributed by atoms with Crippen LogP contribution in [0.25, 0.3) is 0 Å². The number of likely N-dealkylation sites (tertiary alicyclic amines) is 2. The molecule has 2 aliphatic heterocycles. The highest BCUT2D eigenvalue weighted by molar-refractivity contribution is 5.76. The summed E-state index contributed by atoms with van der Waals surface area (Å²) >= 11 is 0. The average molecular weight is 268 g/mol. The van der Waals surface area contributed by atoms with Crippen molar-refractivity contribution < 1.29 is 14.7 Å². The van der Waals surface area contributed by atoms with E-state index >= 15 is 0 Å². The normalized spacial score (nSPS) is 26.5. The van der Waals surface area contributed by atoms with E-state index in [1.165, 1.54) is 0 Å². The summed E-state index contributed by atoms with van der Waals surface area (Å²) in [5.41, 5.74) is -0.0587. The second-order valence-electron chi connectivity index (χ2n) is 6.40. The van der Waals surface area contributed by atoms with Crippen molar-refractivity contribution in [2.75, 3.05) is 19.6 Å². The highest BCUT2D eigenvalue weighted by Crippen LogP contribution is 2.30. The molecule has 5 nitrogen and oxygen atoms in total. The molecular formula is C14H24N2O3. The molecule has 0 aromatic rings. The van der Waals surface area contributed by atoms with Crippen LogP contribution in [0, 0.1) is 5.92 Å². The van der Waals surface area contributed by atoms with Crippen molar-refractivity contribution in [3.05, 3.63) is 0 Å². The van der Waals surface area contributed by atoms with Crippen LogP contribution >= 0.6 is 0 Å². The second kappa shape index (κ2) is 5.39. The molecule has 0 aromatic heterocycles. The van der Waals surface area contributed by atoms with Gasteiger partial charge >= 0.3 is 12.0 Å². The van der Waals surface area contributed by atoms with Crippen LogP contribution < -0.4 is 0 Å². The van der Waals surface area contributed by atoms with Gasteiger partial charge < -0.3 is 14.9 Å². The van der Waals surface area contributed by atoms with Gasteiger partial charge in [0.15, 0.2) is 0 Å². The summed E-state index contributed by atoms with van der Waals surface area (Å²) in [6, 6.07) is 0.0950. The molecule has 0 spiro atoms. The number of amides is 2. The van der Waals surface area contributed by atoms with Gasteiger partial charge in [0.2, 0.25) is 0 Å². The first kappa shape index (κ1) is 14.2. The van der Waals surface area contributed by atoms with E-state index in [4.69, 9.17) is 5.11 Å². The van der Waals surface area contributed by atoms with Crippen LogP contribution in [0.2, 0.25) is 0 Å². The molecule has 1 unspecified atom stereocenters. The van der Waals surface area contributed by atoms with E-state index in [2.05, 4.69) is 13.8 Å². The minimum atomic E-state index is -0.763. The van der Waals surface area contributed by atoms with E-state index < -0.39 is 5.97 Å². The smallest absolute Gasteiger partial charge is 0.320 e. The summed E-state index contributed by atoms with van der Waals surface area (Å²) in [6.07, 6.45) is 4.11. The number of carboxylic acid groups (broad SMARTS) is 1. The number of hydrogen-bond donors (Lipinski definition) is 1. The average Bonchev–Trinajstić information content (AvgIpc) is 2.67. The van der Waals surface area contributed by atoms with Crippen LogP contribution in [0.15, 0.2) is 0 Å². The summed E-state index contributed by atoms with van der Waals surface area (Å²) in [7, 11) is 0. The van der Waals surface area contributed by atoms with Gasteiger partial charge in [-0.05, 0) is 45.4 Å². The molecule has 0 saturated carbocycles. The minimum absolute atomic E-state index is 0.0587. The zero-order chi connectivity index (χ0) is 14.0. The fourth-order valence-electron chi connectivity index (χ4n) is 3.29. The Hall–Kier alpha value is -1.26. The molecule has 0 bridgehead atoms. The zero-order valence-electron chi connectivity index (χ0n) is 11.9. The van der Waals surface area contributed by atoms with Crippen LogP contribution in [-0.2, 0) is 4.79 Å². The number of carbonyl (C=O) groups excluding carboxylic acids is 1. The molecule has 1 N–H and O–H groups in total. The number of hydrogen-bond acceptors (Lipinski definition) is 2. The van der Waals surface area contributed by atoms with Crippen LogP contribution in [0.1, 0.15) is 46.0 Å². The molecule has 5 heteroatoms. The van der Waals surface area contributed by atoms with E-state index in [0.29, 0.717) is 6.54 Å². The van der Waals surface area contributed by atoms with E-state index in [1.807, 2.05) is 9.80 Å². The lowest BCUT2D eigenvalue weighted by Gasteiger charge is -2.39. The Morgan fingerprint density at radius 2 is 2.00 bits per heavy atom. The molecule has 2 saturated heterocycles. The van der Waals surface area contributed by atoms with Crippen molar-refractivity contribution in [3.8, 4) is 0 Å². The lowest BCUT2D eigenvalue weighted by Crippen LogP contribution is -2.52. The number of carbonyl (C=O) groups is 2. The predicted molar refractivity (Wildman–Crippen MR) is 72.0 cm³/mol. The maximum atomic E-state index is 12.6. The fraction of sp³-hybridized carbons (Fsp3) is 0.857. The van der Waals surface area contributed by atoms with Crippen LogP contribution in [0.3, 0.4) is 0 Å². The zero-order valence-corrected chi connectivity index (χ0v) is 11.9. The van der Waals surface area contributed by atoms with Crippen molar-refractivity contribution in [1.82, 2.24) is 9.80 Å². The molecule has 2 rings (SSSR count). The number of rotatable bonds is 2.